The number of aliphatic hydroxyl groups is 1. The van der Waals surface area contributed by atoms with Gasteiger partial charge >= 0.3 is 0 Å². The van der Waals surface area contributed by atoms with Gasteiger partial charge in [0.15, 0.2) is 5.96 Å². The van der Waals surface area contributed by atoms with Crippen LogP contribution in [0.25, 0.3) is 0 Å². The van der Waals surface area contributed by atoms with Crippen molar-refractivity contribution in [2.75, 3.05) is 31.6 Å². The summed E-state index contributed by atoms with van der Waals surface area (Å²) in [7, 11) is 1.62. The Balaban J connectivity index is 0.00000341. The van der Waals surface area contributed by atoms with E-state index in [2.05, 4.69) is 15.6 Å². The van der Waals surface area contributed by atoms with Crippen molar-refractivity contribution in [1.29, 1.82) is 0 Å². The number of guanidine groups is 1. The number of halogens is 1. The summed E-state index contributed by atoms with van der Waals surface area (Å²) in [6, 6.07) is 15.3. The molecule has 7 nitrogen and oxygen atoms in total. The van der Waals surface area contributed by atoms with E-state index in [4.69, 9.17) is 4.74 Å². The molecule has 1 unspecified atom stereocenters. The van der Waals surface area contributed by atoms with Gasteiger partial charge in [0.1, 0.15) is 5.75 Å². The van der Waals surface area contributed by atoms with Crippen molar-refractivity contribution in [1.82, 2.24) is 10.6 Å². The zero-order valence-corrected chi connectivity index (χ0v) is 20.3. The number of rotatable bonds is 8. The van der Waals surface area contributed by atoms with E-state index in [0.29, 0.717) is 25.5 Å². The molecular weight excluding hydrogens is 507 g/mol. The van der Waals surface area contributed by atoms with Crippen molar-refractivity contribution in [3.8, 4) is 5.75 Å². The number of ether oxygens (including phenoxy) is 1. The number of amides is 1. The molecule has 168 valence electrons. The number of aliphatic imine (C=N–C) groups is 1. The summed E-state index contributed by atoms with van der Waals surface area (Å²) in [5, 5.41) is 16.8. The minimum atomic E-state index is -0.656. The normalized spacial score (nSPS) is 14.7. The van der Waals surface area contributed by atoms with E-state index in [1.165, 1.54) is 0 Å². The fourth-order valence-electron chi connectivity index (χ4n) is 3.35. The minimum absolute atomic E-state index is 0. The lowest BCUT2D eigenvalue weighted by atomic mass is 10.1. The lowest BCUT2D eigenvalue weighted by Crippen LogP contribution is -2.39. The lowest BCUT2D eigenvalue weighted by Gasteiger charge is -2.16. The van der Waals surface area contributed by atoms with E-state index in [9.17, 15) is 9.90 Å². The van der Waals surface area contributed by atoms with Crippen molar-refractivity contribution in [3.63, 3.8) is 0 Å². The Kier molecular flexibility index (Phi) is 10.1. The van der Waals surface area contributed by atoms with Crippen LogP contribution in [0, 0.1) is 0 Å². The maximum Gasteiger partial charge on any atom is 0.227 e. The second-order valence-electron chi connectivity index (χ2n) is 7.18. The Hall–Kier alpha value is -2.33. The molecule has 1 amide bonds. The first-order chi connectivity index (χ1) is 14.6. The molecular formula is C23H31IN4O3. The highest BCUT2D eigenvalue weighted by Crippen LogP contribution is 2.22. The maximum absolute atomic E-state index is 11.9. The predicted molar refractivity (Wildman–Crippen MR) is 134 cm³/mol. The number of nitrogens with zero attached hydrogens (tertiary/aromatic N) is 2. The minimum Gasteiger partial charge on any atom is -0.497 e. The van der Waals surface area contributed by atoms with Crippen LogP contribution < -0.4 is 20.3 Å². The first-order valence-corrected chi connectivity index (χ1v) is 10.3. The van der Waals surface area contributed by atoms with Gasteiger partial charge in [-0.1, -0.05) is 24.3 Å². The highest BCUT2D eigenvalue weighted by Gasteiger charge is 2.21. The Morgan fingerprint density at radius 1 is 1.16 bits per heavy atom. The number of carbonyl (C=O) groups is 1. The highest BCUT2D eigenvalue weighted by atomic mass is 127. The monoisotopic (exact) mass is 538 g/mol. The van der Waals surface area contributed by atoms with Gasteiger partial charge in [-0.15, -0.1) is 24.0 Å². The lowest BCUT2D eigenvalue weighted by molar-refractivity contribution is -0.117. The number of hydrogen-bond donors (Lipinski definition) is 3. The summed E-state index contributed by atoms with van der Waals surface area (Å²) in [5.41, 5.74) is 2.81. The fourth-order valence-corrected chi connectivity index (χ4v) is 3.35. The first-order valence-electron chi connectivity index (χ1n) is 10.3. The van der Waals surface area contributed by atoms with Crippen molar-refractivity contribution < 1.29 is 14.6 Å². The summed E-state index contributed by atoms with van der Waals surface area (Å²) in [6.07, 6.45) is 0.897. The van der Waals surface area contributed by atoms with Gasteiger partial charge in [0.25, 0.3) is 0 Å². The topological polar surface area (TPSA) is 86.2 Å². The van der Waals surface area contributed by atoms with Crippen molar-refractivity contribution in [3.05, 3.63) is 59.7 Å². The summed E-state index contributed by atoms with van der Waals surface area (Å²) in [5.74, 6) is 1.59. The van der Waals surface area contributed by atoms with Crippen molar-refractivity contribution in [2.45, 2.75) is 32.4 Å². The summed E-state index contributed by atoms with van der Waals surface area (Å²) < 4.78 is 5.15. The smallest absolute Gasteiger partial charge is 0.227 e. The molecule has 3 N–H and O–H groups in total. The fraction of sp³-hybridized carbons (Fsp3) is 0.391. The number of methoxy groups -OCH3 is 1. The van der Waals surface area contributed by atoms with Gasteiger partial charge in [-0.25, -0.2) is 4.99 Å². The molecule has 0 saturated carbocycles. The average Bonchev–Trinajstić information content (AvgIpc) is 3.21. The number of hydrogen-bond acceptors (Lipinski definition) is 4. The van der Waals surface area contributed by atoms with Crippen LogP contribution in [0.1, 0.15) is 37.0 Å². The van der Waals surface area contributed by atoms with Crippen LogP contribution in [0.3, 0.4) is 0 Å². The van der Waals surface area contributed by atoms with Crippen LogP contribution in [-0.2, 0) is 11.3 Å². The molecule has 31 heavy (non-hydrogen) atoms. The van der Waals surface area contributed by atoms with Crippen molar-refractivity contribution in [2.24, 2.45) is 4.99 Å². The predicted octanol–water partition coefficient (Wildman–Crippen LogP) is 3.23. The number of benzene rings is 2. The van der Waals surface area contributed by atoms with E-state index < -0.39 is 6.10 Å². The Morgan fingerprint density at radius 2 is 1.87 bits per heavy atom. The molecule has 1 aliphatic rings. The average molecular weight is 538 g/mol. The number of nitrogens with one attached hydrogen (secondary N) is 2. The first kappa shape index (κ1) is 24.9. The number of anilines is 1. The third-order valence-electron chi connectivity index (χ3n) is 5.05. The van der Waals surface area contributed by atoms with Crippen molar-refractivity contribution >= 4 is 41.5 Å². The van der Waals surface area contributed by atoms with Gasteiger partial charge in [-0.3, -0.25) is 4.79 Å². The third-order valence-corrected chi connectivity index (χ3v) is 5.05. The maximum atomic E-state index is 11.9. The molecule has 1 aliphatic heterocycles. The van der Waals surface area contributed by atoms with Gasteiger partial charge in [0.2, 0.25) is 5.91 Å². The van der Waals surface area contributed by atoms with E-state index in [1.54, 1.807) is 7.11 Å². The van der Waals surface area contributed by atoms with E-state index in [1.807, 2.05) is 60.4 Å². The highest BCUT2D eigenvalue weighted by molar-refractivity contribution is 14.0. The zero-order chi connectivity index (χ0) is 21.3. The quantitative estimate of drug-likeness (QED) is 0.273. The molecule has 0 radical (unpaired) electrons. The largest absolute Gasteiger partial charge is 0.497 e. The second-order valence-corrected chi connectivity index (χ2v) is 7.18. The third kappa shape index (κ3) is 7.10. The number of carbonyl (C=O) groups excluding carboxylic acids is 1. The van der Waals surface area contributed by atoms with Gasteiger partial charge in [-0.2, -0.15) is 0 Å². The van der Waals surface area contributed by atoms with Gasteiger partial charge in [0, 0.05) is 31.7 Å². The molecule has 2 aromatic carbocycles. The van der Waals surface area contributed by atoms with Gasteiger partial charge in [-0.05, 0) is 48.7 Å². The van der Waals surface area contributed by atoms with Gasteiger partial charge < -0.3 is 25.4 Å². The van der Waals surface area contributed by atoms with Crippen LogP contribution in [0.4, 0.5) is 5.69 Å². The molecule has 0 aromatic heterocycles. The Bertz CT molecular complexity index is 856. The van der Waals surface area contributed by atoms with Crippen LogP contribution in [0.5, 0.6) is 5.75 Å². The molecule has 3 rings (SSSR count). The van der Waals surface area contributed by atoms with Crippen LogP contribution in [0.2, 0.25) is 0 Å². The molecule has 1 fully saturated rings. The van der Waals surface area contributed by atoms with E-state index in [-0.39, 0.29) is 29.9 Å². The second kappa shape index (κ2) is 12.5. The SMILES string of the molecule is CCNC(=NCc1ccc(N2CCCC2=O)cc1)NCC(O)c1ccc(OC)cc1.I. The summed E-state index contributed by atoms with van der Waals surface area (Å²) in [4.78, 5) is 18.3. The zero-order valence-electron chi connectivity index (χ0n) is 18.0. The van der Waals surface area contributed by atoms with E-state index in [0.717, 1.165) is 42.1 Å². The summed E-state index contributed by atoms with van der Waals surface area (Å²) >= 11 is 0. The Morgan fingerprint density at radius 3 is 2.45 bits per heavy atom. The molecule has 2 aromatic rings. The molecule has 1 heterocycles. The molecule has 0 spiro atoms. The molecule has 1 saturated heterocycles. The Labute approximate surface area is 200 Å². The molecule has 8 heteroatoms. The van der Waals surface area contributed by atoms with Crippen LogP contribution in [-0.4, -0.2) is 43.7 Å². The standard InChI is InChI=1S/C23H30N4O3.HI/c1-3-24-23(26-16-21(28)18-8-12-20(30-2)13-9-18)25-15-17-6-10-19(11-7-17)27-14-4-5-22(27)29;/h6-13,21,28H,3-5,14-16H2,1-2H3,(H2,24,25,26);1H. The van der Waals surface area contributed by atoms with Crippen LogP contribution in [0.15, 0.2) is 53.5 Å². The number of aliphatic hydroxyl groups excluding tert-OH is 1. The van der Waals surface area contributed by atoms with E-state index >= 15 is 0 Å². The molecule has 0 bridgehead atoms. The summed E-state index contributed by atoms with van der Waals surface area (Å²) in [6.45, 7) is 4.36. The van der Waals surface area contributed by atoms with Gasteiger partial charge in [0.05, 0.1) is 19.8 Å². The molecule has 1 atom stereocenters. The molecule has 0 aliphatic carbocycles. The van der Waals surface area contributed by atoms with Crippen LogP contribution >= 0.6 is 24.0 Å².